The van der Waals surface area contributed by atoms with E-state index in [1.807, 2.05) is 24.3 Å². The Hall–Kier alpha value is -4.41. The lowest BCUT2D eigenvalue weighted by atomic mass is 10.2. The molecule has 0 atom stereocenters. The van der Waals surface area contributed by atoms with Crippen LogP contribution in [-0.4, -0.2) is 20.4 Å². The summed E-state index contributed by atoms with van der Waals surface area (Å²) in [7, 11) is 0. The fourth-order valence-corrected chi connectivity index (χ4v) is 3.66. The molecule has 0 aliphatic carbocycles. The van der Waals surface area contributed by atoms with Gasteiger partial charge < -0.3 is 11.1 Å². The zero-order valence-electron chi connectivity index (χ0n) is 16.6. The van der Waals surface area contributed by atoms with Crippen LogP contribution >= 0.6 is 11.6 Å². The number of carbonyl (C=O) groups excluding carboxylic acids is 1. The van der Waals surface area contributed by atoms with E-state index in [0.717, 1.165) is 0 Å². The van der Waals surface area contributed by atoms with Crippen molar-refractivity contribution in [2.75, 3.05) is 11.1 Å². The maximum Gasteiger partial charge on any atom is 0.255 e. The first-order valence-corrected chi connectivity index (χ1v) is 10.1. The highest BCUT2D eigenvalue weighted by Gasteiger charge is 2.19. The lowest BCUT2D eigenvalue weighted by Gasteiger charge is -2.10. The van der Waals surface area contributed by atoms with Crippen molar-refractivity contribution in [2.24, 2.45) is 0 Å². The van der Waals surface area contributed by atoms with E-state index in [1.165, 1.54) is 0 Å². The number of carbonyl (C=O) groups is 1. The van der Waals surface area contributed by atoms with Crippen LogP contribution in [0.3, 0.4) is 0 Å². The van der Waals surface area contributed by atoms with Crippen LogP contribution in [-0.2, 0) is 0 Å². The van der Waals surface area contributed by atoms with Crippen LogP contribution in [0.1, 0.15) is 15.9 Å². The van der Waals surface area contributed by atoms with Gasteiger partial charge in [0.2, 0.25) is 0 Å². The number of nitrogen functional groups attached to an aromatic ring is 1. The number of benzene rings is 3. The molecule has 3 aromatic carbocycles. The Kier molecular flexibility index (Phi) is 4.70. The Morgan fingerprint density at radius 1 is 0.969 bits per heavy atom. The largest absolute Gasteiger partial charge is 0.384 e. The van der Waals surface area contributed by atoms with Crippen LogP contribution in [0.25, 0.3) is 27.9 Å². The third-order valence-electron chi connectivity index (χ3n) is 5.10. The lowest BCUT2D eigenvalue weighted by Crippen LogP contribution is -2.11. The summed E-state index contributed by atoms with van der Waals surface area (Å²) in [5.41, 5.74) is 10.7. The number of nitrogens with zero attached hydrogens (tertiary/aromatic N) is 4. The normalized spacial score (nSPS) is 10.9. The Morgan fingerprint density at radius 3 is 2.28 bits per heavy atom. The number of aromatic nitrogens is 3. The molecule has 0 aliphatic rings. The van der Waals surface area contributed by atoms with E-state index in [-0.39, 0.29) is 17.3 Å². The highest BCUT2D eigenvalue weighted by atomic mass is 35.5. The highest BCUT2D eigenvalue weighted by Crippen LogP contribution is 2.30. The van der Waals surface area contributed by atoms with E-state index in [9.17, 15) is 10.1 Å². The summed E-state index contributed by atoms with van der Waals surface area (Å²) < 4.78 is 1.69. The SMILES string of the molecule is N#Cc1c(N)n(-c2ccc(NC(=O)c3ccc(Cl)cc3)cc2)c2nc3ccccc3nc12. The number of hydrogen-bond donors (Lipinski definition) is 2. The van der Waals surface area contributed by atoms with Gasteiger partial charge in [0.05, 0.1) is 11.0 Å². The Bertz CT molecular complexity index is 1530. The molecule has 0 saturated heterocycles. The number of para-hydroxylation sites is 2. The zero-order chi connectivity index (χ0) is 22.2. The van der Waals surface area contributed by atoms with E-state index in [4.69, 9.17) is 17.3 Å². The van der Waals surface area contributed by atoms with Gasteiger partial charge in [-0.1, -0.05) is 23.7 Å². The summed E-state index contributed by atoms with van der Waals surface area (Å²) in [4.78, 5) is 21.7. The van der Waals surface area contributed by atoms with Gasteiger partial charge in [-0.25, -0.2) is 9.97 Å². The molecule has 0 spiro atoms. The quantitative estimate of drug-likeness (QED) is 0.415. The molecular weight excluding hydrogens is 424 g/mol. The molecule has 0 radical (unpaired) electrons. The first-order valence-electron chi connectivity index (χ1n) is 9.69. The summed E-state index contributed by atoms with van der Waals surface area (Å²) in [5, 5.41) is 13.1. The van der Waals surface area contributed by atoms with Crippen LogP contribution in [0.5, 0.6) is 0 Å². The predicted molar refractivity (Wildman–Crippen MR) is 125 cm³/mol. The van der Waals surface area contributed by atoms with Gasteiger partial charge in [0.1, 0.15) is 23.0 Å². The average molecular weight is 439 g/mol. The van der Waals surface area contributed by atoms with Crippen LogP contribution in [0.4, 0.5) is 11.5 Å². The van der Waals surface area contributed by atoms with Crippen LogP contribution in [0, 0.1) is 11.3 Å². The van der Waals surface area contributed by atoms with Gasteiger partial charge in [-0.2, -0.15) is 5.26 Å². The topological polar surface area (TPSA) is 110 Å². The standard InChI is InChI=1S/C24H15ClN6O/c25-15-7-5-14(6-8-15)24(32)28-16-9-11-17(12-10-16)31-22(27)18(13-26)21-23(31)30-20-4-2-1-3-19(20)29-21/h1-12H,27H2,(H,28,32). The summed E-state index contributed by atoms with van der Waals surface area (Å²) in [6.45, 7) is 0. The molecule has 8 heteroatoms. The van der Waals surface area contributed by atoms with Crippen LogP contribution in [0.15, 0.2) is 72.8 Å². The van der Waals surface area contributed by atoms with Crippen molar-refractivity contribution in [3.63, 3.8) is 0 Å². The minimum atomic E-state index is -0.246. The lowest BCUT2D eigenvalue weighted by molar-refractivity contribution is 0.102. The molecule has 2 aromatic heterocycles. The monoisotopic (exact) mass is 438 g/mol. The molecule has 0 aliphatic heterocycles. The maximum absolute atomic E-state index is 12.4. The van der Waals surface area contributed by atoms with Gasteiger partial charge in [-0.15, -0.1) is 0 Å². The minimum absolute atomic E-state index is 0.246. The fourth-order valence-electron chi connectivity index (χ4n) is 3.53. The van der Waals surface area contributed by atoms with E-state index >= 15 is 0 Å². The summed E-state index contributed by atoms with van der Waals surface area (Å²) in [6, 6.07) is 23.3. The van der Waals surface area contributed by atoms with Crippen molar-refractivity contribution in [1.82, 2.24) is 14.5 Å². The molecule has 5 aromatic rings. The van der Waals surface area contributed by atoms with Gasteiger partial charge in [0, 0.05) is 22.0 Å². The molecule has 154 valence electrons. The average Bonchev–Trinajstić information content (AvgIpc) is 3.08. The number of nitriles is 1. The number of amides is 1. The van der Waals surface area contributed by atoms with Crippen molar-refractivity contribution in [2.45, 2.75) is 0 Å². The van der Waals surface area contributed by atoms with Gasteiger partial charge in [-0.05, 0) is 60.7 Å². The number of nitrogens with one attached hydrogen (secondary N) is 1. The summed E-state index contributed by atoms with van der Waals surface area (Å²) >= 11 is 5.88. The second-order valence-corrected chi connectivity index (χ2v) is 7.54. The van der Waals surface area contributed by atoms with E-state index < -0.39 is 0 Å². The molecule has 32 heavy (non-hydrogen) atoms. The van der Waals surface area contributed by atoms with Crippen LogP contribution < -0.4 is 11.1 Å². The van der Waals surface area contributed by atoms with E-state index in [2.05, 4.69) is 21.4 Å². The third kappa shape index (κ3) is 3.29. The number of rotatable bonds is 3. The number of hydrogen-bond acceptors (Lipinski definition) is 5. The van der Waals surface area contributed by atoms with Gasteiger partial charge >= 0.3 is 0 Å². The molecule has 1 amide bonds. The second-order valence-electron chi connectivity index (χ2n) is 7.10. The van der Waals surface area contributed by atoms with Crippen LogP contribution in [0.2, 0.25) is 5.02 Å². The highest BCUT2D eigenvalue weighted by molar-refractivity contribution is 6.30. The van der Waals surface area contributed by atoms with Gasteiger partial charge in [0.15, 0.2) is 5.65 Å². The molecule has 7 nitrogen and oxygen atoms in total. The first-order chi connectivity index (χ1) is 15.5. The molecular formula is C24H15ClN6O. The van der Waals surface area contributed by atoms with Gasteiger partial charge in [0.25, 0.3) is 5.91 Å². The Balaban J connectivity index is 1.53. The number of nitrogens with two attached hydrogens (primary N) is 1. The fraction of sp³-hybridized carbons (Fsp3) is 0. The second kappa shape index (κ2) is 7.69. The maximum atomic E-state index is 12.4. The molecule has 0 bridgehead atoms. The number of anilines is 2. The van der Waals surface area contributed by atoms with Gasteiger partial charge in [-0.3, -0.25) is 9.36 Å². The van der Waals surface area contributed by atoms with Crippen molar-refractivity contribution < 1.29 is 4.79 Å². The van der Waals surface area contributed by atoms with Crippen molar-refractivity contribution in [3.05, 3.63) is 88.9 Å². The minimum Gasteiger partial charge on any atom is -0.384 e. The Labute approximate surface area is 187 Å². The summed E-state index contributed by atoms with van der Waals surface area (Å²) in [5.74, 6) is 0.0141. The van der Waals surface area contributed by atoms with E-state index in [0.29, 0.717) is 44.2 Å². The number of fused-ring (bicyclic) bond motifs is 2. The molecule has 0 saturated carbocycles. The number of halogens is 1. The first kappa shape index (κ1) is 19.5. The van der Waals surface area contributed by atoms with E-state index in [1.54, 1.807) is 53.1 Å². The van der Waals surface area contributed by atoms with Crippen molar-refractivity contribution >= 4 is 51.2 Å². The zero-order valence-corrected chi connectivity index (χ0v) is 17.3. The molecule has 2 heterocycles. The third-order valence-corrected chi connectivity index (χ3v) is 5.35. The Morgan fingerprint density at radius 2 is 1.62 bits per heavy atom. The van der Waals surface area contributed by atoms with Crippen molar-refractivity contribution in [3.8, 4) is 11.8 Å². The molecule has 0 unspecified atom stereocenters. The molecule has 5 rings (SSSR count). The molecule has 0 fully saturated rings. The summed E-state index contributed by atoms with van der Waals surface area (Å²) in [6.07, 6.45) is 0. The van der Waals surface area contributed by atoms with Crippen molar-refractivity contribution in [1.29, 1.82) is 5.26 Å². The predicted octanol–water partition coefficient (Wildman–Crippen LogP) is 4.93. The molecule has 3 N–H and O–H groups in total. The smallest absolute Gasteiger partial charge is 0.255 e.